The van der Waals surface area contributed by atoms with Crippen LogP contribution in [-0.4, -0.2) is 36.5 Å². The van der Waals surface area contributed by atoms with Crippen LogP contribution in [0.1, 0.15) is 0 Å². The van der Waals surface area contributed by atoms with Crippen LogP contribution >= 0.6 is 0 Å². The third-order valence-corrected chi connectivity index (χ3v) is 31.1. The highest BCUT2D eigenvalue weighted by Crippen LogP contribution is 2.47. The van der Waals surface area contributed by atoms with Crippen molar-refractivity contribution >= 4 is 185 Å². The predicted molar refractivity (Wildman–Crippen MR) is 633 cm³/mol. The van der Waals surface area contributed by atoms with Gasteiger partial charge in [0.25, 0.3) is 0 Å². The zero-order valence-electron chi connectivity index (χ0n) is 81.7. The fourth-order valence-electron chi connectivity index (χ4n) is 24.5. The van der Waals surface area contributed by atoms with Crippen LogP contribution < -0.4 is 0 Å². The molecule has 24 aromatic carbocycles. The van der Waals surface area contributed by atoms with Gasteiger partial charge in [0.15, 0.2) is 0 Å². The van der Waals surface area contributed by atoms with Crippen molar-refractivity contribution in [3.05, 3.63) is 558 Å². The molecule has 8 aromatic heterocycles. The molecule has 32 rings (SSSR count). The Morgan fingerprint density at radius 3 is 0.520 bits per heavy atom. The van der Waals surface area contributed by atoms with E-state index in [1.807, 2.05) is 0 Å². The first kappa shape index (κ1) is 85.5. The van der Waals surface area contributed by atoms with Gasteiger partial charge in [-0.1, -0.05) is 352 Å². The number of para-hydroxylation sites is 16. The van der Waals surface area contributed by atoms with Crippen molar-refractivity contribution in [2.75, 3.05) is 0 Å². The van der Waals surface area contributed by atoms with Gasteiger partial charge in [0.05, 0.1) is 88.3 Å². The van der Waals surface area contributed by atoms with Gasteiger partial charge in [0, 0.05) is 132 Å². The Bertz CT molecular complexity index is 10300. The van der Waals surface area contributed by atoms with Crippen LogP contribution in [0.25, 0.3) is 275 Å². The van der Waals surface area contributed by atoms with Crippen LogP contribution in [-0.2, 0) is 0 Å². The fourth-order valence-corrected chi connectivity index (χ4v) is 24.5. The van der Waals surface area contributed by atoms with Crippen molar-refractivity contribution in [1.82, 2.24) is 36.5 Å². The predicted octanol–water partition coefficient (Wildman–Crippen LogP) is 37.7. The Balaban J connectivity index is 0.000000103. The van der Waals surface area contributed by atoms with Crippen molar-refractivity contribution in [1.29, 1.82) is 0 Å². The quantitative estimate of drug-likeness (QED) is 0.117. The summed E-state index contributed by atoms with van der Waals surface area (Å²) < 4.78 is 19.2. The van der Waals surface area contributed by atoms with E-state index >= 15 is 0 Å². The maximum Gasteiger partial charge on any atom is 0.0541 e. The molecule has 32 aromatic rings. The molecule has 0 amide bonds. The lowest BCUT2D eigenvalue weighted by Crippen LogP contribution is -2.00. The minimum atomic E-state index is 1.13. The van der Waals surface area contributed by atoms with Crippen LogP contribution in [0.3, 0.4) is 0 Å². The number of fused-ring (bicyclic) bond motifs is 25. The van der Waals surface area contributed by atoms with Crippen molar-refractivity contribution in [3.63, 3.8) is 0 Å². The first-order valence-corrected chi connectivity index (χ1v) is 51.6. The summed E-state index contributed by atoms with van der Waals surface area (Å²) in [7, 11) is 0. The summed E-state index contributed by atoms with van der Waals surface area (Å²) in [6.07, 6.45) is 0. The van der Waals surface area contributed by atoms with Crippen LogP contribution in [0.4, 0.5) is 0 Å². The summed E-state index contributed by atoms with van der Waals surface area (Å²) in [5.74, 6) is 0. The molecule has 150 heavy (non-hydrogen) atoms. The van der Waals surface area contributed by atoms with E-state index in [0.717, 1.165) is 39.7 Å². The molecule has 0 radical (unpaired) electrons. The summed E-state index contributed by atoms with van der Waals surface area (Å²) in [4.78, 5) is 0. The Morgan fingerprint density at radius 1 is 0.0800 bits per heavy atom. The molecule has 0 bridgehead atoms. The van der Waals surface area contributed by atoms with Gasteiger partial charge in [-0.15, -0.1) is 0 Å². The molecule has 0 N–H and O–H groups in total. The molecular formula is C142H92N8. The molecule has 0 spiro atoms. The van der Waals surface area contributed by atoms with E-state index in [0.29, 0.717) is 0 Å². The van der Waals surface area contributed by atoms with Gasteiger partial charge in [-0.3, -0.25) is 0 Å². The number of rotatable bonds is 12. The van der Waals surface area contributed by atoms with Crippen molar-refractivity contribution in [3.8, 4) is 90.0 Å². The maximum atomic E-state index is 2.43. The lowest BCUT2D eigenvalue weighted by atomic mass is 9.96. The summed E-state index contributed by atoms with van der Waals surface area (Å²) in [5.41, 5.74) is 38.1. The van der Waals surface area contributed by atoms with Crippen LogP contribution in [0.2, 0.25) is 0 Å². The monoisotopic (exact) mass is 1910 g/mol. The van der Waals surface area contributed by atoms with Gasteiger partial charge in [-0.2, -0.15) is 0 Å². The highest BCUT2D eigenvalue weighted by molar-refractivity contribution is 6.18. The first-order chi connectivity index (χ1) is 74.4. The van der Waals surface area contributed by atoms with E-state index in [9.17, 15) is 0 Å². The number of nitrogens with zero attached hydrogens (tertiary/aromatic N) is 8. The molecule has 0 saturated heterocycles. The third-order valence-electron chi connectivity index (χ3n) is 31.1. The van der Waals surface area contributed by atoms with Gasteiger partial charge in [0.1, 0.15) is 0 Å². The number of hydrogen-bond acceptors (Lipinski definition) is 0. The lowest BCUT2D eigenvalue weighted by molar-refractivity contribution is 1.13. The Kier molecular flexibility index (Phi) is 19.9. The van der Waals surface area contributed by atoms with Gasteiger partial charge in [-0.25, -0.2) is 0 Å². The average Bonchev–Trinajstić information content (AvgIpc) is 1.56. The second kappa shape index (κ2) is 34.9. The molecule has 8 heteroatoms. The van der Waals surface area contributed by atoms with Crippen LogP contribution in [0.5, 0.6) is 0 Å². The van der Waals surface area contributed by atoms with Crippen molar-refractivity contribution in [2.24, 2.45) is 0 Å². The van der Waals surface area contributed by atoms with Gasteiger partial charge in [0.2, 0.25) is 0 Å². The molecule has 700 valence electrons. The van der Waals surface area contributed by atoms with Crippen LogP contribution in [0.15, 0.2) is 558 Å². The normalized spacial score (nSPS) is 11.9. The average molecular weight is 1910 g/mol. The number of benzene rings is 24. The largest absolute Gasteiger partial charge is 0.309 e. The second-order valence-electron chi connectivity index (χ2n) is 39.4. The Labute approximate surface area is 863 Å². The summed E-state index contributed by atoms with van der Waals surface area (Å²) in [5, 5.41) is 22.7. The number of hydrogen-bond donors (Lipinski definition) is 0. The van der Waals surface area contributed by atoms with E-state index in [2.05, 4.69) is 595 Å². The molecular weight excluding hydrogens is 1820 g/mol. The first-order valence-electron chi connectivity index (χ1n) is 51.6. The molecule has 8 nitrogen and oxygen atoms in total. The minimum Gasteiger partial charge on any atom is -0.309 e. The summed E-state index contributed by atoms with van der Waals surface area (Å²) >= 11 is 0. The van der Waals surface area contributed by atoms with Gasteiger partial charge < -0.3 is 36.5 Å². The van der Waals surface area contributed by atoms with Crippen LogP contribution in [0, 0.1) is 0 Å². The minimum absolute atomic E-state index is 1.13. The highest BCUT2D eigenvalue weighted by Gasteiger charge is 2.25. The smallest absolute Gasteiger partial charge is 0.0541 e. The van der Waals surface area contributed by atoms with E-state index in [1.165, 1.54) is 236 Å². The molecule has 0 atom stereocenters. The van der Waals surface area contributed by atoms with Gasteiger partial charge in [-0.05, 0) is 262 Å². The zero-order chi connectivity index (χ0) is 98.5. The van der Waals surface area contributed by atoms with E-state index in [-0.39, 0.29) is 0 Å². The standard InChI is InChI=1S/2C48H31N3.C46H30N2/c1-7-22-43-37(16-1)38-17-2-8-23-44(38)49(43)34-15-13-14-32(28-34)33-29-35(50-45-24-9-3-18-39(45)40-19-4-10-25-46(40)50)31-36(30-33)51-47-26-11-5-20-41(47)42-21-6-12-27-48(42)51;1-7-19-43-37(13-1)38-14-2-8-20-44(38)49(43)34-27-25-32(26-28-34)33-29-35(50-45-21-9-3-15-39(45)40-16-4-10-22-46(40)50)31-36(30-33)51-47-23-11-5-17-41(47)42-18-6-12-24-48(42)51;1-3-11-37(12-4-1)47-43-17-9-7-15-39(43)41-29-35(23-25-45(41)47)33-21-19-32-28-34(22-20-31(32)27-33)36-24-26-46-42(30-36)40-16-8-10-18-44(40)48(46)38-13-5-2-6-14-38/h2*1-31H;1-30H. The second-order valence-corrected chi connectivity index (χ2v) is 39.4. The van der Waals surface area contributed by atoms with E-state index in [4.69, 9.17) is 0 Å². The van der Waals surface area contributed by atoms with Crippen molar-refractivity contribution < 1.29 is 0 Å². The van der Waals surface area contributed by atoms with Crippen molar-refractivity contribution in [2.45, 2.75) is 0 Å². The fraction of sp³-hybridized carbons (Fsp3) is 0. The topological polar surface area (TPSA) is 39.4 Å². The maximum absolute atomic E-state index is 2.43. The SMILES string of the molecule is c1cc(-c2cc(-n3c4ccccc4c4ccccc43)cc(-n3c4ccccc4c4ccccc43)c2)cc(-n2c3ccccc3c3ccccc32)c1.c1ccc(-n2c3ccccc3c3cc(-c4ccc5cc(-c6ccc7c(c6)c6ccccc6n7-c6ccccc6)ccc5c4)ccc32)cc1.c1ccc2c(c1)c1ccccc1n2-c1ccc(-c2cc(-n3c4ccccc4c4ccccc43)cc(-n3c4ccccc4c4ccccc43)c2)cc1. The molecule has 0 aliphatic heterocycles. The molecule has 0 fully saturated rings. The highest BCUT2D eigenvalue weighted by atomic mass is 15.0. The third kappa shape index (κ3) is 13.8. The van der Waals surface area contributed by atoms with E-state index < -0.39 is 0 Å². The molecule has 0 aliphatic carbocycles. The molecule has 0 aliphatic rings. The summed E-state index contributed by atoms with van der Waals surface area (Å²) in [6, 6.07) is 203. The van der Waals surface area contributed by atoms with Gasteiger partial charge >= 0.3 is 0 Å². The summed E-state index contributed by atoms with van der Waals surface area (Å²) in [6.45, 7) is 0. The Morgan fingerprint density at radius 2 is 0.253 bits per heavy atom. The van der Waals surface area contributed by atoms with E-state index in [1.54, 1.807) is 0 Å². The molecule has 0 saturated carbocycles. The molecule has 0 unspecified atom stereocenters. The lowest BCUT2D eigenvalue weighted by Gasteiger charge is -2.16. The zero-order valence-corrected chi connectivity index (χ0v) is 81.7. The number of aromatic nitrogens is 8. The molecule has 8 heterocycles. The Hall–Kier alpha value is -20.1.